The SMILES string of the molecule is CC#CCCCCOCC(C)=O. The van der Waals surface area contributed by atoms with Crippen LogP contribution >= 0.6 is 0 Å². The van der Waals surface area contributed by atoms with Crippen molar-refractivity contribution in [2.45, 2.75) is 33.1 Å². The molecule has 0 saturated carbocycles. The van der Waals surface area contributed by atoms with Gasteiger partial charge in [0.15, 0.2) is 5.78 Å². The lowest BCUT2D eigenvalue weighted by Gasteiger charge is -1.98. The molecular formula is C10H16O2. The van der Waals surface area contributed by atoms with E-state index in [0.717, 1.165) is 19.3 Å². The van der Waals surface area contributed by atoms with E-state index in [1.54, 1.807) is 0 Å². The Labute approximate surface area is 74.3 Å². The van der Waals surface area contributed by atoms with Crippen LogP contribution in [0.5, 0.6) is 0 Å². The number of ketones is 1. The molecule has 0 amide bonds. The van der Waals surface area contributed by atoms with Gasteiger partial charge in [0.1, 0.15) is 6.61 Å². The molecule has 0 aromatic rings. The molecule has 0 N–H and O–H groups in total. The number of rotatable bonds is 6. The summed E-state index contributed by atoms with van der Waals surface area (Å²) < 4.78 is 5.08. The maximum Gasteiger partial charge on any atom is 0.155 e. The molecule has 2 heteroatoms. The van der Waals surface area contributed by atoms with Gasteiger partial charge >= 0.3 is 0 Å². The summed E-state index contributed by atoms with van der Waals surface area (Å²) in [5.41, 5.74) is 0. The van der Waals surface area contributed by atoms with E-state index in [0.29, 0.717) is 6.61 Å². The highest BCUT2D eigenvalue weighted by Crippen LogP contribution is 1.94. The van der Waals surface area contributed by atoms with Crippen LogP contribution in [-0.4, -0.2) is 19.0 Å². The summed E-state index contributed by atoms with van der Waals surface area (Å²) in [6.07, 6.45) is 2.97. The van der Waals surface area contributed by atoms with Crippen molar-refractivity contribution in [3.63, 3.8) is 0 Å². The first-order valence-electron chi connectivity index (χ1n) is 4.24. The Hall–Kier alpha value is -0.810. The standard InChI is InChI=1S/C10H16O2/c1-3-4-5-6-7-8-12-9-10(2)11/h5-9H2,1-2H3. The molecule has 68 valence electrons. The maximum atomic E-state index is 10.4. The van der Waals surface area contributed by atoms with Crippen LogP contribution in [0.2, 0.25) is 0 Å². The number of ether oxygens (including phenoxy) is 1. The fraction of sp³-hybridized carbons (Fsp3) is 0.700. The van der Waals surface area contributed by atoms with Gasteiger partial charge in [-0.15, -0.1) is 11.8 Å². The second kappa shape index (κ2) is 8.29. The van der Waals surface area contributed by atoms with Gasteiger partial charge in [-0.1, -0.05) is 0 Å². The first kappa shape index (κ1) is 11.2. The first-order chi connectivity index (χ1) is 5.77. The van der Waals surface area contributed by atoms with Crippen molar-refractivity contribution in [2.24, 2.45) is 0 Å². The third-order valence-corrected chi connectivity index (χ3v) is 1.32. The van der Waals surface area contributed by atoms with E-state index in [-0.39, 0.29) is 12.4 Å². The van der Waals surface area contributed by atoms with Gasteiger partial charge in [0.2, 0.25) is 0 Å². The lowest BCUT2D eigenvalue weighted by atomic mass is 10.2. The summed E-state index contributed by atoms with van der Waals surface area (Å²) >= 11 is 0. The molecule has 0 spiro atoms. The zero-order valence-electron chi connectivity index (χ0n) is 7.85. The molecule has 0 rings (SSSR count). The Balaban J connectivity index is 2.99. The van der Waals surface area contributed by atoms with Gasteiger partial charge in [-0.05, 0) is 26.7 Å². The topological polar surface area (TPSA) is 26.3 Å². The summed E-state index contributed by atoms with van der Waals surface area (Å²) in [6, 6.07) is 0. The number of carbonyl (C=O) groups is 1. The molecule has 0 unspecified atom stereocenters. The number of Topliss-reactive ketones (excluding diaryl/α,β-unsaturated/α-hetero) is 1. The van der Waals surface area contributed by atoms with E-state index >= 15 is 0 Å². The summed E-state index contributed by atoms with van der Waals surface area (Å²) in [7, 11) is 0. The normalized spacial score (nSPS) is 8.83. The minimum Gasteiger partial charge on any atom is -0.374 e. The third kappa shape index (κ3) is 9.19. The van der Waals surface area contributed by atoms with E-state index in [2.05, 4.69) is 11.8 Å². The number of carbonyl (C=O) groups excluding carboxylic acids is 1. The van der Waals surface area contributed by atoms with Gasteiger partial charge < -0.3 is 4.74 Å². The molecule has 0 aliphatic rings. The molecule has 2 nitrogen and oxygen atoms in total. The molecule has 0 aliphatic heterocycles. The van der Waals surface area contributed by atoms with Crippen LogP contribution in [0.3, 0.4) is 0 Å². The number of hydrogen-bond acceptors (Lipinski definition) is 2. The Morgan fingerprint density at radius 1 is 1.42 bits per heavy atom. The molecule has 0 aromatic carbocycles. The zero-order valence-corrected chi connectivity index (χ0v) is 7.85. The molecule has 0 fully saturated rings. The van der Waals surface area contributed by atoms with Crippen LogP contribution in [-0.2, 0) is 9.53 Å². The van der Waals surface area contributed by atoms with Crippen molar-refractivity contribution in [2.75, 3.05) is 13.2 Å². The Bertz CT molecular complexity index is 174. The highest BCUT2D eigenvalue weighted by atomic mass is 16.5. The monoisotopic (exact) mass is 168 g/mol. The minimum absolute atomic E-state index is 0.0864. The van der Waals surface area contributed by atoms with Crippen molar-refractivity contribution in [1.29, 1.82) is 0 Å². The van der Waals surface area contributed by atoms with E-state index in [4.69, 9.17) is 4.74 Å². The Morgan fingerprint density at radius 2 is 2.17 bits per heavy atom. The van der Waals surface area contributed by atoms with Crippen LogP contribution in [0.25, 0.3) is 0 Å². The fourth-order valence-corrected chi connectivity index (χ4v) is 0.758. The molecule has 0 heterocycles. The van der Waals surface area contributed by atoms with Crippen LogP contribution in [0.1, 0.15) is 33.1 Å². The second-order valence-corrected chi connectivity index (χ2v) is 2.64. The molecule has 0 bridgehead atoms. The second-order valence-electron chi connectivity index (χ2n) is 2.64. The molecule has 0 radical (unpaired) electrons. The van der Waals surface area contributed by atoms with Crippen LogP contribution in [0.4, 0.5) is 0 Å². The highest BCUT2D eigenvalue weighted by Gasteiger charge is 1.91. The predicted octanol–water partition coefficient (Wildman–Crippen LogP) is 1.79. The average molecular weight is 168 g/mol. The van der Waals surface area contributed by atoms with Gasteiger partial charge in [-0.2, -0.15) is 0 Å². The predicted molar refractivity (Wildman–Crippen MR) is 48.8 cm³/mol. The smallest absolute Gasteiger partial charge is 0.155 e. The van der Waals surface area contributed by atoms with Crippen molar-refractivity contribution in [3.05, 3.63) is 0 Å². The molecule has 0 atom stereocenters. The molecule has 12 heavy (non-hydrogen) atoms. The summed E-state index contributed by atoms with van der Waals surface area (Å²) in [4.78, 5) is 10.4. The van der Waals surface area contributed by atoms with Crippen molar-refractivity contribution < 1.29 is 9.53 Å². The number of hydrogen-bond donors (Lipinski definition) is 0. The molecule has 0 aromatic heterocycles. The zero-order chi connectivity index (χ0) is 9.23. The lowest BCUT2D eigenvalue weighted by molar-refractivity contribution is -0.121. The minimum atomic E-state index is 0.0864. The fourth-order valence-electron chi connectivity index (χ4n) is 0.758. The van der Waals surface area contributed by atoms with Crippen molar-refractivity contribution in [3.8, 4) is 11.8 Å². The number of unbranched alkanes of at least 4 members (excludes halogenated alkanes) is 2. The van der Waals surface area contributed by atoms with Gasteiger partial charge in [0.05, 0.1) is 0 Å². The summed E-state index contributed by atoms with van der Waals surface area (Å²) in [5, 5.41) is 0. The van der Waals surface area contributed by atoms with Crippen molar-refractivity contribution in [1.82, 2.24) is 0 Å². The quantitative estimate of drug-likeness (QED) is 0.446. The maximum absolute atomic E-state index is 10.4. The average Bonchev–Trinajstić information content (AvgIpc) is 2.02. The highest BCUT2D eigenvalue weighted by molar-refractivity contribution is 5.76. The van der Waals surface area contributed by atoms with Gasteiger partial charge in [-0.3, -0.25) is 4.79 Å². The lowest BCUT2D eigenvalue weighted by Crippen LogP contribution is -2.04. The van der Waals surface area contributed by atoms with E-state index in [1.165, 1.54) is 6.92 Å². The summed E-state index contributed by atoms with van der Waals surface area (Å²) in [6.45, 7) is 4.29. The molecule has 0 saturated heterocycles. The van der Waals surface area contributed by atoms with Crippen LogP contribution in [0, 0.1) is 11.8 Å². The van der Waals surface area contributed by atoms with E-state index < -0.39 is 0 Å². The van der Waals surface area contributed by atoms with Gasteiger partial charge in [-0.25, -0.2) is 0 Å². The Morgan fingerprint density at radius 3 is 2.75 bits per heavy atom. The largest absolute Gasteiger partial charge is 0.374 e. The Kier molecular flexibility index (Phi) is 7.73. The van der Waals surface area contributed by atoms with E-state index in [9.17, 15) is 4.79 Å². The summed E-state index contributed by atoms with van der Waals surface area (Å²) in [5.74, 6) is 5.89. The van der Waals surface area contributed by atoms with E-state index in [1.807, 2.05) is 6.92 Å². The van der Waals surface area contributed by atoms with Crippen molar-refractivity contribution >= 4 is 5.78 Å². The van der Waals surface area contributed by atoms with Gasteiger partial charge in [0, 0.05) is 13.0 Å². The van der Waals surface area contributed by atoms with Crippen LogP contribution in [0.15, 0.2) is 0 Å². The van der Waals surface area contributed by atoms with Gasteiger partial charge in [0.25, 0.3) is 0 Å². The first-order valence-corrected chi connectivity index (χ1v) is 4.24. The molecule has 0 aliphatic carbocycles. The third-order valence-electron chi connectivity index (χ3n) is 1.32. The van der Waals surface area contributed by atoms with Crippen LogP contribution < -0.4 is 0 Å². The molecular weight excluding hydrogens is 152 g/mol.